The summed E-state index contributed by atoms with van der Waals surface area (Å²) >= 11 is 0. The molecule has 2 rings (SSSR count). The highest BCUT2D eigenvalue weighted by molar-refractivity contribution is 5.37. The van der Waals surface area contributed by atoms with E-state index in [-0.39, 0.29) is 6.61 Å². The second-order valence-electron chi connectivity index (χ2n) is 4.26. The molecule has 2 aromatic carbocycles. The van der Waals surface area contributed by atoms with Crippen LogP contribution in [0, 0.1) is 11.6 Å². The van der Waals surface area contributed by atoms with Crippen LogP contribution < -0.4 is 0 Å². The van der Waals surface area contributed by atoms with Crippen molar-refractivity contribution in [2.45, 2.75) is 5.60 Å². The number of halogens is 2. The molecule has 0 spiro atoms. The van der Waals surface area contributed by atoms with Crippen LogP contribution in [0.4, 0.5) is 8.78 Å². The SMILES string of the molecule is COCC(O)(c1ccccc1)c1c(F)cccc1F. The molecule has 2 nitrogen and oxygen atoms in total. The third kappa shape index (κ3) is 2.50. The summed E-state index contributed by atoms with van der Waals surface area (Å²) in [7, 11) is 1.37. The minimum absolute atomic E-state index is 0.241. The summed E-state index contributed by atoms with van der Waals surface area (Å²) < 4.78 is 32.7. The Balaban J connectivity index is 2.63. The standard InChI is InChI=1S/C15H14F2O2/c1-19-10-15(18,11-6-3-2-4-7-11)14-12(16)8-5-9-13(14)17/h2-9,18H,10H2,1H3. The van der Waals surface area contributed by atoms with Gasteiger partial charge in [0.25, 0.3) is 0 Å². The van der Waals surface area contributed by atoms with Crippen molar-refractivity contribution in [3.63, 3.8) is 0 Å². The van der Waals surface area contributed by atoms with Gasteiger partial charge in [-0.3, -0.25) is 0 Å². The lowest BCUT2D eigenvalue weighted by atomic mass is 9.86. The van der Waals surface area contributed by atoms with Crippen molar-refractivity contribution in [1.82, 2.24) is 0 Å². The van der Waals surface area contributed by atoms with E-state index >= 15 is 0 Å². The van der Waals surface area contributed by atoms with Gasteiger partial charge in [0.15, 0.2) is 0 Å². The molecule has 0 saturated heterocycles. The van der Waals surface area contributed by atoms with Crippen LogP contribution in [0.25, 0.3) is 0 Å². The van der Waals surface area contributed by atoms with Crippen molar-refractivity contribution in [2.24, 2.45) is 0 Å². The Kier molecular flexibility index (Phi) is 3.93. The fraction of sp³-hybridized carbons (Fsp3) is 0.200. The van der Waals surface area contributed by atoms with Crippen molar-refractivity contribution < 1.29 is 18.6 Å². The van der Waals surface area contributed by atoms with Crippen molar-refractivity contribution in [3.8, 4) is 0 Å². The summed E-state index contributed by atoms with van der Waals surface area (Å²) in [5.41, 5.74) is -1.88. The number of rotatable bonds is 4. The maximum absolute atomic E-state index is 13.9. The lowest BCUT2D eigenvalue weighted by molar-refractivity contribution is -0.00826. The summed E-state index contributed by atoms with van der Waals surface area (Å²) in [4.78, 5) is 0. The fourth-order valence-electron chi connectivity index (χ4n) is 2.12. The number of benzene rings is 2. The van der Waals surface area contributed by atoms with Gasteiger partial charge in [0.2, 0.25) is 0 Å². The third-order valence-electron chi connectivity index (χ3n) is 2.98. The van der Waals surface area contributed by atoms with Crippen molar-refractivity contribution in [3.05, 3.63) is 71.3 Å². The lowest BCUT2D eigenvalue weighted by Crippen LogP contribution is -2.34. The molecule has 100 valence electrons. The van der Waals surface area contributed by atoms with E-state index < -0.39 is 22.8 Å². The van der Waals surface area contributed by atoms with E-state index in [1.165, 1.54) is 13.2 Å². The van der Waals surface area contributed by atoms with Gasteiger partial charge in [0, 0.05) is 7.11 Å². The fourth-order valence-corrected chi connectivity index (χ4v) is 2.12. The maximum atomic E-state index is 13.9. The van der Waals surface area contributed by atoms with E-state index in [2.05, 4.69) is 0 Å². The van der Waals surface area contributed by atoms with Crippen LogP contribution in [-0.4, -0.2) is 18.8 Å². The molecule has 1 N–H and O–H groups in total. The first kappa shape index (κ1) is 13.6. The van der Waals surface area contributed by atoms with E-state index in [0.717, 1.165) is 12.1 Å². The average Bonchev–Trinajstić information content (AvgIpc) is 2.40. The van der Waals surface area contributed by atoms with Gasteiger partial charge in [-0.05, 0) is 17.7 Å². The van der Waals surface area contributed by atoms with Gasteiger partial charge < -0.3 is 9.84 Å². The van der Waals surface area contributed by atoms with Gasteiger partial charge >= 0.3 is 0 Å². The Morgan fingerprint density at radius 2 is 1.58 bits per heavy atom. The molecular weight excluding hydrogens is 250 g/mol. The summed E-state index contributed by atoms with van der Waals surface area (Å²) in [5, 5.41) is 10.7. The Bertz CT molecular complexity index is 537. The third-order valence-corrected chi connectivity index (χ3v) is 2.98. The van der Waals surface area contributed by atoms with E-state index in [1.54, 1.807) is 30.3 Å². The highest BCUT2D eigenvalue weighted by atomic mass is 19.1. The van der Waals surface area contributed by atoms with E-state index in [4.69, 9.17) is 4.74 Å². The quantitative estimate of drug-likeness (QED) is 0.920. The van der Waals surface area contributed by atoms with Crippen molar-refractivity contribution in [2.75, 3.05) is 13.7 Å². The Morgan fingerprint density at radius 3 is 2.11 bits per heavy atom. The van der Waals surface area contributed by atoms with Gasteiger partial charge in [-0.15, -0.1) is 0 Å². The van der Waals surface area contributed by atoms with E-state index in [9.17, 15) is 13.9 Å². The average molecular weight is 264 g/mol. The molecule has 0 aromatic heterocycles. The maximum Gasteiger partial charge on any atom is 0.143 e. The Morgan fingerprint density at radius 1 is 1.00 bits per heavy atom. The van der Waals surface area contributed by atoms with E-state index in [0.29, 0.717) is 5.56 Å². The molecule has 0 aliphatic heterocycles. The number of hydrogen-bond donors (Lipinski definition) is 1. The molecule has 0 heterocycles. The van der Waals surface area contributed by atoms with Crippen LogP contribution >= 0.6 is 0 Å². The Labute approximate surface area is 110 Å². The van der Waals surface area contributed by atoms with E-state index in [1.807, 2.05) is 0 Å². The largest absolute Gasteiger partial charge is 0.381 e. The van der Waals surface area contributed by atoms with Crippen LogP contribution in [0.2, 0.25) is 0 Å². The Hall–Kier alpha value is -1.78. The predicted octanol–water partition coefficient (Wildman–Crippen LogP) is 2.85. The summed E-state index contributed by atoms with van der Waals surface area (Å²) in [6, 6.07) is 11.8. The highest BCUT2D eigenvalue weighted by Gasteiger charge is 2.36. The molecule has 0 radical (unpaired) electrons. The predicted molar refractivity (Wildman–Crippen MR) is 67.7 cm³/mol. The van der Waals surface area contributed by atoms with Crippen molar-refractivity contribution in [1.29, 1.82) is 0 Å². The molecule has 0 amide bonds. The van der Waals surface area contributed by atoms with Gasteiger partial charge in [0.1, 0.15) is 17.2 Å². The number of methoxy groups -OCH3 is 1. The summed E-state index contributed by atoms with van der Waals surface area (Å²) in [5.74, 6) is -1.60. The van der Waals surface area contributed by atoms with Crippen LogP contribution in [-0.2, 0) is 10.3 Å². The smallest absolute Gasteiger partial charge is 0.143 e. The number of ether oxygens (including phenoxy) is 1. The first-order chi connectivity index (χ1) is 9.09. The lowest BCUT2D eigenvalue weighted by Gasteiger charge is -2.29. The normalized spacial score (nSPS) is 14.1. The van der Waals surface area contributed by atoms with Crippen LogP contribution in [0.15, 0.2) is 48.5 Å². The van der Waals surface area contributed by atoms with Crippen LogP contribution in [0.3, 0.4) is 0 Å². The first-order valence-electron chi connectivity index (χ1n) is 5.81. The molecule has 0 bridgehead atoms. The second-order valence-corrected chi connectivity index (χ2v) is 4.26. The van der Waals surface area contributed by atoms with Gasteiger partial charge in [0.05, 0.1) is 12.2 Å². The van der Waals surface area contributed by atoms with Gasteiger partial charge in [-0.1, -0.05) is 36.4 Å². The number of hydrogen-bond acceptors (Lipinski definition) is 2. The molecule has 4 heteroatoms. The molecule has 19 heavy (non-hydrogen) atoms. The zero-order valence-electron chi connectivity index (χ0n) is 10.4. The number of aliphatic hydroxyl groups is 1. The second kappa shape index (κ2) is 5.47. The topological polar surface area (TPSA) is 29.5 Å². The van der Waals surface area contributed by atoms with Crippen LogP contribution in [0.1, 0.15) is 11.1 Å². The minimum atomic E-state index is -1.86. The van der Waals surface area contributed by atoms with Gasteiger partial charge in [-0.25, -0.2) is 8.78 Å². The first-order valence-corrected chi connectivity index (χ1v) is 5.81. The molecule has 1 unspecified atom stereocenters. The zero-order chi connectivity index (χ0) is 13.9. The summed E-state index contributed by atoms with van der Waals surface area (Å²) in [6.07, 6.45) is 0. The molecule has 2 aromatic rings. The summed E-state index contributed by atoms with van der Waals surface area (Å²) in [6.45, 7) is -0.241. The molecular formula is C15H14F2O2. The van der Waals surface area contributed by atoms with Gasteiger partial charge in [-0.2, -0.15) is 0 Å². The molecule has 1 atom stereocenters. The molecule has 0 fully saturated rings. The molecule has 0 aliphatic rings. The van der Waals surface area contributed by atoms with Crippen molar-refractivity contribution >= 4 is 0 Å². The molecule has 0 aliphatic carbocycles. The zero-order valence-corrected chi connectivity index (χ0v) is 10.4. The minimum Gasteiger partial charge on any atom is -0.381 e. The molecule has 0 saturated carbocycles. The van der Waals surface area contributed by atoms with Crippen LogP contribution in [0.5, 0.6) is 0 Å². The monoisotopic (exact) mass is 264 g/mol. The highest BCUT2D eigenvalue weighted by Crippen LogP contribution is 2.33.